The summed E-state index contributed by atoms with van der Waals surface area (Å²) in [5, 5.41) is 11.4. The number of benzene rings is 1. The fourth-order valence-corrected chi connectivity index (χ4v) is 2.09. The van der Waals surface area contributed by atoms with E-state index in [4.69, 9.17) is 16.3 Å². The van der Waals surface area contributed by atoms with Crippen molar-refractivity contribution in [3.63, 3.8) is 0 Å². The van der Waals surface area contributed by atoms with E-state index in [0.29, 0.717) is 22.9 Å². The van der Waals surface area contributed by atoms with Crippen LogP contribution in [0.1, 0.15) is 18.2 Å². The smallest absolute Gasteiger partial charge is 0.357 e. The molecule has 0 atom stereocenters. The van der Waals surface area contributed by atoms with E-state index in [1.807, 2.05) is 4.98 Å². The van der Waals surface area contributed by atoms with Gasteiger partial charge < -0.3 is 9.72 Å². The summed E-state index contributed by atoms with van der Waals surface area (Å²) in [6, 6.07) is 4.89. The minimum Gasteiger partial charge on any atom is -0.493 e. The van der Waals surface area contributed by atoms with Gasteiger partial charge in [0, 0.05) is 10.6 Å². The summed E-state index contributed by atoms with van der Waals surface area (Å²) >= 11 is 5.92. The van der Waals surface area contributed by atoms with Crippen LogP contribution in [-0.2, 0) is 0 Å². The largest absolute Gasteiger partial charge is 0.493 e. The Morgan fingerprint density at radius 1 is 1.30 bits per heavy atom. The summed E-state index contributed by atoms with van der Waals surface area (Å²) in [5.74, 6) is 0.517. The van der Waals surface area contributed by atoms with Gasteiger partial charge in [-0.05, 0) is 37.3 Å². The highest BCUT2D eigenvalue weighted by Crippen LogP contribution is 2.25. The molecule has 0 amide bonds. The lowest BCUT2D eigenvalue weighted by Crippen LogP contribution is -2.25. The molecule has 0 saturated carbocycles. The Kier molecular flexibility index (Phi) is 4.97. The number of aromatic amines is 2. The molecule has 23 heavy (non-hydrogen) atoms. The van der Waals surface area contributed by atoms with Crippen molar-refractivity contribution in [2.45, 2.75) is 6.92 Å². The van der Waals surface area contributed by atoms with Gasteiger partial charge in [-0.3, -0.25) is 19.9 Å². The van der Waals surface area contributed by atoms with Crippen LogP contribution in [0.15, 0.2) is 27.8 Å². The van der Waals surface area contributed by atoms with Crippen LogP contribution in [0, 0.1) is 10.1 Å². The minimum atomic E-state index is -1.07. The fourth-order valence-electron chi connectivity index (χ4n) is 1.91. The molecule has 1 heterocycles. The van der Waals surface area contributed by atoms with Crippen LogP contribution in [0.3, 0.4) is 0 Å². The predicted octanol–water partition coefficient (Wildman–Crippen LogP) is 2.19. The summed E-state index contributed by atoms with van der Waals surface area (Å²) in [7, 11) is 0. The second kappa shape index (κ2) is 6.93. The van der Waals surface area contributed by atoms with E-state index in [0.717, 1.165) is 0 Å². The molecule has 2 N–H and O–H groups in total. The van der Waals surface area contributed by atoms with Crippen LogP contribution < -0.4 is 16.0 Å². The molecule has 2 aromatic rings. The van der Waals surface area contributed by atoms with Gasteiger partial charge in [0.15, 0.2) is 0 Å². The molecule has 8 nitrogen and oxygen atoms in total. The zero-order chi connectivity index (χ0) is 17.0. The molecule has 0 aliphatic carbocycles. The highest BCUT2D eigenvalue weighted by molar-refractivity contribution is 6.30. The Hall–Kier alpha value is -2.87. The summed E-state index contributed by atoms with van der Waals surface area (Å²) in [4.78, 5) is 37.0. The molecule has 9 heteroatoms. The number of hydrogen-bond acceptors (Lipinski definition) is 5. The molecule has 0 aliphatic heterocycles. The average molecular weight is 338 g/mol. The molecule has 0 aliphatic rings. The van der Waals surface area contributed by atoms with Gasteiger partial charge >= 0.3 is 16.9 Å². The van der Waals surface area contributed by atoms with Crippen molar-refractivity contribution in [1.29, 1.82) is 0 Å². The number of halogens is 1. The molecule has 2 rings (SSSR count). The Labute approximate surface area is 134 Å². The quantitative estimate of drug-likeness (QED) is 0.640. The number of hydrogen-bond donors (Lipinski definition) is 2. The highest BCUT2D eigenvalue weighted by Gasteiger charge is 2.18. The number of nitro groups is 1. The minimum absolute atomic E-state index is 0.217. The van der Waals surface area contributed by atoms with Crippen LogP contribution >= 0.6 is 11.6 Å². The normalized spacial score (nSPS) is 10.9. The highest BCUT2D eigenvalue weighted by atomic mass is 35.5. The number of nitrogens with one attached hydrogen (secondary N) is 2. The van der Waals surface area contributed by atoms with Gasteiger partial charge in [-0.15, -0.1) is 0 Å². The number of aromatic nitrogens is 2. The third kappa shape index (κ3) is 3.86. The topological polar surface area (TPSA) is 118 Å². The Morgan fingerprint density at radius 2 is 2.04 bits per heavy atom. The molecular weight excluding hydrogens is 326 g/mol. The molecule has 0 fully saturated rings. The van der Waals surface area contributed by atoms with Gasteiger partial charge in [0.1, 0.15) is 11.4 Å². The van der Waals surface area contributed by atoms with E-state index < -0.39 is 21.9 Å². The number of nitrogens with zero attached hydrogens (tertiary/aromatic N) is 1. The second-order valence-electron chi connectivity index (χ2n) is 4.38. The summed E-state index contributed by atoms with van der Waals surface area (Å²) in [5.41, 5.74) is -2.33. The lowest BCUT2D eigenvalue weighted by Gasteiger charge is -2.07. The third-order valence-corrected chi connectivity index (χ3v) is 3.06. The van der Waals surface area contributed by atoms with Gasteiger partial charge in [-0.1, -0.05) is 11.6 Å². The second-order valence-corrected chi connectivity index (χ2v) is 4.81. The van der Waals surface area contributed by atoms with Crippen molar-refractivity contribution >= 4 is 29.4 Å². The maximum absolute atomic E-state index is 11.5. The lowest BCUT2D eigenvalue weighted by atomic mass is 10.1. The SMILES string of the molecule is CCOc1ccc(Cl)cc1/C=C/c1[nH]c(=O)[nH]c(=O)c1[N+](=O)[O-]. The first kappa shape index (κ1) is 16.5. The molecular formula is C14H12ClN3O5. The molecule has 0 saturated heterocycles. The Balaban J connectivity index is 2.53. The summed E-state index contributed by atoms with van der Waals surface area (Å²) < 4.78 is 5.42. The number of ether oxygens (including phenoxy) is 1. The van der Waals surface area contributed by atoms with E-state index in [-0.39, 0.29) is 5.69 Å². The van der Waals surface area contributed by atoms with Crippen molar-refractivity contribution in [1.82, 2.24) is 9.97 Å². The molecule has 0 spiro atoms. The van der Waals surface area contributed by atoms with E-state index in [9.17, 15) is 19.7 Å². The third-order valence-electron chi connectivity index (χ3n) is 2.83. The molecule has 120 valence electrons. The first-order valence-corrected chi connectivity index (χ1v) is 6.91. The van der Waals surface area contributed by atoms with Crippen LogP contribution in [0.5, 0.6) is 5.75 Å². The van der Waals surface area contributed by atoms with E-state index >= 15 is 0 Å². The molecule has 1 aromatic heterocycles. The van der Waals surface area contributed by atoms with Gasteiger partial charge in [0.05, 0.1) is 11.5 Å². The van der Waals surface area contributed by atoms with E-state index in [1.54, 1.807) is 25.1 Å². The first-order chi connectivity index (χ1) is 10.9. The summed E-state index contributed by atoms with van der Waals surface area (Å²) in [6.07, 6.45) is 2.72. The molecule has 0 bridgehead atoms. The number of rotatable bonds is 5. The molecule has 0 radical (unpaired) electrons. The average Bonchev–Trinajstić information content (AvgIpc) is 2.46. The van der Waals surface area contributed by atoms with Crippen molar-refractivity contribution in [2.75, 3.05) is 6.61 Å². The van der Waals surface area contributed by atoms with Crippen LogP contribution in [-0.4, -0.2) is 21.5 Å². The van der Waals surface area contributed by atoms with Crippen molar-refractivity contribution in [3.8, 4) is 5.75 Å². The van der Waals surface area contributed by atoms with Crippen molar-refractivity contribution < 1.29 is 9.66 Å². The van der Waals surface area contributed by atoms with Crippen LogP contribution in [0.2, 0.25) is 5.02 Å². The van der Waals surface area contributed by atoms with Gasteiger partial charge in [-0.25, -0.2) is 4.79 Å². The first-order valence-electron chi connectivity index (χ1n) is 6.53. The maximum Gasteiger partial charge on any atom is 0.357 e. The molecule has 0 unspecified atom stereocenters. The zero-order valence-corrected chi connectivity index (χ0v) is 12.7. The number of H-pyrrole nitrogens is 2. The van der Waals surface area contributed by atoms with Crippen LogP contribution in [0.25, 0.3) is 12.2 Å². The van der Waals surface area contributed by atoms with Crippen molar-refractivity contribution in [2.24, 2.45) is 0 Å². The van der Waals surface area contributed by atoms with Gasteiger partial charge in [0.25, 0.3) is 0 Å². The monoisotopic (exact) mass is 337 g/mol. The van der Waals surface area contributed by atoms with E-state index in [1.165, 1.54) is 12.2 Å². The maximum atomic E-state index is 11.5. The standard InChI is InChI=1S/C14H12ClN3O5/c1-2-23-11-6-4-9(15)7-8(11)3-5-10-12(18(21)22)13(19)17-14(20)16-10/h3-7H,2H2,1H3,(H2,16,17,19,20)/b5-3+. The molecule has 1 aromatic carbocycles. The van der Waals surface area contributed by atoms with Crippen LogP contribution in [0.4, 0.5) is 5.69 Å². The Bertz CT molecular complexity index is 885. The van der Waals surface area contributed by atoms with E-state index in [2.05, 4.69) is 4.98 Å². The lowest BCUT2D eigenvalue weighted by molar-refractivity contribution is -0.386. The predicted molar refractivity (Wildman–Crippen MR) is 85.9 cm³/mol. The zero-order valence-electron chi connectivity index (χ0n) is 12.0. The fraction of sp³-hybridized carbons (Fsp3) is 0.143. The van der Waals surface area contributed by atoms with Gasteiger partial charge in [0.2, 0.25) is 0 Å². The Morgan fingerprint density at radius 3 is 2.70 bits per heavy atom. The van der Waals surface area contributed by atoms with Crippen molar-refractivity contribution in [3.05, 3.63) is 65.4 Å². The summed E-state index contributed by atoms with van der Waals surface area (Å²) in [6.45, 7) is 2.23. The van der Waals surface area contributed by atoms with Gasteiger partial charge in [-0.2, -0.15) is 0 Å².